The maximum absolute atomic E-state index is 13.6. The number of aromatic nitrogens is 3. The van der Waals surface area contributed by atoms with E-state index in [9.17, 15) is 14.3 Å². The number of hydrogen-bond donors (Lipinski definition) is 1. The van der Waals surface area contributed by atoms with Gasteiger partial charge in [0.1, 0.15) is 17.5 Å². The molecule has 3 aromatic rings. The molecule has 8 nitrogen and oxygen atoms in total. The van der Waals surface area contributed by atoms with E-state index in [1.807, 2.05) is 13.0 Å². The van der Waals surface area contributed by atoms with Crippen LogP contribution in [-0.2, 0) is 0 Å². The number of aromatic carboxylic acids is 1. The van der Waals surface area contributed by atoms with Crippen LogP contribution in [0, 0.1) is 12.7 Å². The Morgan fingerprint density at radius 2 is 1.81 bits per heavy atom. The largest absolute Gasteiger partial charge is 0.478 e. The fourth-order valence-corrected chi connectivity index (χ4v) is 5.20. The lowest BCUT2D eigenvalue weighted by Crippen LogP contribution is -2.53. The molecule has 36 heavy (non-hydrogen) atoms. The summed E-state index contributed by atoms with van der Waals surface area (Å²) in [5.41, 5.74) is 2.69. The molecule has 1 aromatic carbocycles. The van der Waals surface area contributed by atoms with Crippen LogP contribution < -0.4 is 14.7 Å². The van der Waals surface area contributed by atoms with Gasteiger partial charge in [-0.1, -0.05) is 0 Å². The monoisotopic (exact) mass is 490 g/mol. The first-order valence-corrected chi connectivity index (χ1v) is 12.4. The van der Waals surface area contributed by atoms with Gasteiger partial charge in [0.2, 0.25) is 5.95 Å². The van der Waals surface area contributed by atoms with Crippen molar-refractivity contribution in [3.8, 4) is 11.3 Å². The summed E-state index contributed by atoms with van der Waals surface area (Å²) in [4.78, 5) is 32.4. The van der Waals surface area contributed by atoms with E-state index in [2.05, 4.69) is 33.5 Å². The van der Waals surface area contributed by atoms with Crippen LogP contribution in [-0.4, -0.2) is 64.3 Å². The van der Waals surface area contributed by atoms with Crippen LogP contribution in [0.15, 0.2) is 42.6 Å². The molecule has 0 radical (unpaired) electrons. The third-order valence-electron chi connectivity index (χ3n) is 7.17. The van der Waals surface area contributed by atoms with Crippen LogP contribution in [0.5, 0.6) is 0 Å². The van der Waals surface area contributed by atoms with Gasteiger partial charge in [-0.2, -0.15) is 4.98 Å². The summed E-state index contributed by atoms with van der Waals surface area (Å²) in [5.74, 6) is 1.14. The average Bonchev–Trinajstić information content (AvgIpc) is 3.30. The Morgan fingerprint density at radius 3 is 2.44 bits per heavy atom. The lowest BCUT2D eigenvalue weighted by Gasteiger charge is -2.41. The molecule has 4 heterocycles. The number of nitrogens with zero attached hydrogens (tertiary/aromatic N) is 6. The molecule has 0 unspecified atom stereocenters. The minimum Gasteiger partial charge on any atom is -0.478 e. The summed E-state index contributed by atoms with van der Waals surface area (Å²) in [6.07, 6.45) is 3.65. The molecule has 1 N–H and O–H groups in total. The van der Waals surface area contributed by atoms with Crippen molar-refractivity contribution in [3.05, 3.63) is 59.5 Å². The maximum Gasteiger partial charge on any atom is 0.337 e. The van der Waals surface area contributed by atoms with Crippen LogP contribution in [0.2, 0.25) is 0 Å². The van der Waals surface area contributed by atoms with Crippen molar-refractivity contribution in [1.29, 1.82) is 0 Å². The van der Waals surface area contributed by atoms with Crippen LogP contribution in [0.4, 0.5) is 22.0 Å². The minimum absolute atomic E-state index is 0.138. The highest BCUT2D eigenvalue weighted by atomic mass is 19.1. The number of aryl methyl sites for hydroxylation is 1. The number of rotatable bonds is 5. The topological polar surface area (TPSA) is 85.7 Å². The summed E-state index contributed by atoms with van der Waals surface area (Å²) in [5, 5.41) is 9.25. The highest BCUT2D eigenvalue weighted by molar-refractivity contribution is 5.87. The molecule has 9 heteroatoms. The summed E-state index contributed by atoms with van der Waals surface area (Å²) >= 11 is 0. The van der Waals surface area contributed by atoms with Gasteiger partial charge in [0, 0.05) is 56.1 Å². The van der Waals surface area contributed by atoms with Gasteiger partial charge in [0.05, 0.1) is 11.3 Å². The van der Waals surface area contributed by atoms with Crippen molar-refractivity contribution in [1.82, 2.24) is 15.0 Å². The number of carboxylic acid groups (broad SMARTS) is 1. The Kier molecular flexibility index (Phi) is 6.47. The third-order valence-corrected chi connectivity index (χ3v) is 7.17. The first-order chi connectivity index (χ1) is 17.3. The second-order valence-electron chi connectivity index (χ2n) is 9.76. The molecule has 2 fully saturated rings. The molecular weight excluding hydrogens is 459 g/mol. The number of piperazine rings is 1. The first kappa shape index (κ1) is 24.0. The molecule has 2 saturated heterocycles. The Hall–Kier alpha value is -3.75. The fourth-order valence-electron chi connectivity index (χ4n) is 5.20. The Balaban J connectivity index is 1.44. The highest BCUT2D eigenvalue weighted by Gasteiger charge is 2.29. The zero-order valence-corrected chi connectivity index (χ0v) is 20.9. The summed E-state index contributed by atoms with van der Waals surface area (Å²) < 4.78 is 13.6. The summed E-state index contributed by atoms with van der Waals surface area (Å²) in [7, 11) is 0. The molecule has 5 rings (SSSR count). The van der Waals surface area contributed by atoms with E-state index in [-0.39, 0.29) is 17.4 Å². The van der Waals surface area contributed by atoms with E-state index >= 15 is 0 Å². The highest BCUT2D eigenvalue weighted by Crippen LogP contribution is 2.31. The number of carbonyl (C=O) groups is 1. The molecular formula is C27H31FN6O2. The molecule has 2 aliphatic heterocycles. The number of benzene rings is 1. The van der Waals surface area contributed by atoms with Crippen molar-refractivity contribution in [2.24, 2.45) is 0 Å². The third kappa shape index (κ3) is 4.69. The first-order valence-electron chi connectivity index (χ1n) is 12.4. The molecule has 0 aliphatic carbocycles. The summed E-state index contributed by atoms with van der Waals surface area (Å²) in [6, 6.07) is 10.6. The molecule has 2 aliphatic rings. The van der Waals surface area contributed by atoms with Gasteiger partial charge in [-0.15, -0.1) is 0 Å². The second kappa shape index (κ2) is 9.72. The standard InChI is InChI=1S/C27H31FN6O2/c1-17-13-21(26(35)36)15-29-25(17)32-11-12-33(19(3)16-32)24-14-23(20-6-8-22(28)9-7-20)30-27(31-24)34-10-4-5-18(34)2/h6-9,13-15,18-19H,4-5,10-12,16H2,1-3H3,(H,35,36)/t18-,19-/m1/s1. The number of anilines is 3. The van der Waals surface area contributed by atoms with Crippen molar-refractivity contribution < 1.29 is 14.3 Å². The van der Waals surface area contributed by atoms with E-state index in [0.717, 1.165) is 67.5 Å². The van der Waals surface area contributed by atoms with Crippen molar-refractivity contribution in [2.45, 2.75) is 45.7 Å². The Morgan fingerprint density at radius 1 is 1.03 bits per heavy atom. The van der Waals surface area contributed by atoms with E-state index in [1.54, 1.807) is 18.2 Å². The van der Waals surface area contributed by atoms with Gasteiger partial charge < -0.3 is 19.8 Å². The molecule has 0 bridgehead atoms. The SMILES string of the molecule is Cc1cc(C(=O)O)cnc1N1CCN(c2cc(-c3ccc(F)cc3)nc(N3CCC[C@H]3C)n2)[C@H](C)C1. The van der Waals surface area contributed by atoms with Crippen molar-refractivity contribution in [2.75, 3.05) is 40.9 Å². The minimum atomic E-state index is -0.973. The van der Waals surface area contributed by atoms with Gasteiger partial charge in [0.25, 0.3) is 0 Å². The van der Waals surface area contributed by atoms with Gasteiger partial charge >= 0.3 is 5.97 Å². The lowest BCUT2D eigenvalue weighted by atomic mass is 10.1. The number of halogens is 1. The zero-order valence-electron chi connectivity index (χ0n) is 20.9. The second-order valence-corrected chi connectivity index (χ2v) is 9.76. The van der Waals surface area contributed by atoms with Gasteiger partial charge in [-0.3, -0.25) is 0 Å². The van der Waals surface area contributed by atoms with Gasteiger partial charge in [-0.25, -0.2) is 19.2 Å². The van der Waals surface area contributed by atoms with E-state index < -0.39 is 5.97 Å². The molecule has 2 atom stereocenters. The number of hydrogen-bond acceptors (Lipinski definition) is 7. The zero-order chi connectivity index (χ0) is 25.4. The molecule has 0 amide bonds. The van der Waals surface area contributed by atoms with Crippen molar-refractivity contribution in [3.63, 3.8) is 0 Å². The Labute approximate surface area is 210 Å². The lowest BCUT2D eigenvalue weighted by molar-refractivity contribution is 0.0696. The van der Waals surface area contributed by atoms with Crippen molar-refractivity contribution >= 4 is 23.6 Å². The van der Waals surface area contributed by atoms with Crippen LogP contribution in [0.1, 0.15) is 42.6 Å². The molecule has 188 valence electrons. The van der Waals surface area contributed by atoms with E-state index in [1.165, 1.54) is 18.3 Å². The van der Waals surface area contributed by atoms with Gasteiger partial charge in [-0.05, 0) is 69.5 Å². The van der Waals surface area contributed by atoms with E-state index in [4.69, 9.17) is 9.97 Å². The average molecular weight is 491 g/mol. The predicted molar refractivity (Wildman–Crippen MR) is 138 cm³/mol. The Bertz CT molecular complexity index is 1270. The summed E-state index contributed by atoms with van der Waals surface area (Å²) in [6.45, 7) is 9.38. The quantitative estimate of drug-likeness (QED) is 0.564. The smallest absolute Gasteiger partial charge is 0.337 e. The fraction of sp³-hybridized carbons (Fsp3) is 0.407. The van der Waals surface area contributed by atoms with Crippen LogP contribution in [0.3, 0.4) is 0 Å². The molecule has 2 aromatic heterocycles. The normalized spacial score (nSPS) is 20.2. The predicted octanol–water partition coefficient (Wildman–Crippen LogP) is 4.39. The van der Waals surface area contributed by atoms with E-state index in [0.29, 0.717) is 12.0 Å². The molecule has 0 spiro atoms. The number of pyridine rings is 1. The van der Waals surface area contributed by atoms with Gasteiger partial charge in [0.15, 0.2) is 0 Å². The van der Waals surface area contributed by atoms with Crippen LogP contribution in [0.25, 0.3) is 11.3 Å². The molecule has 0 saturated carbocycles. The van der Waals surface area contributed by atoms with Crippen LogP contribution >= 0.6 is 0 Å². The maximum atomic E-state index is 13.6. The number of carboxylic acids is 1.